The average Bonchev–Trinajstić information content (AvgIpc) is 2.68. The lowest BCUT2D eigenvalue weighted by Gasteiger charge is -2.03. The number of benzene rings is 1. The van der Waals surface area contributed by atoms with Crippen LogP contribution in [0.5, 0.6) is 0 Å². The van der Waals surface area contributed by atoms with Gasteiger partial charge in [-0.15, -0.1) is 0 Å². The first-order chi connectivity index (χ1) is 7.70. The van der Waals surface area contributed by atoms with Gasteiger partial charge in [-0.2, -0.15) is 5.10 Å². The molecule has 1 heterocycles. The van der Waals surface area contributed by atoms with Gasteiger partial charge in [-0.25, -0.2) is 0 Å². The highest BCUT2D eigenvalue weighted by Gasteiger charge is 2.01. The largest absolute Gasteiger partial charge is 0.348 e. The van der Waals surface area contributed by atoms with Crippen molar-refractivity contribution in [2.24, 2.45) is 7.05 Å². The van der Waals surface area contributed by atoms with Crippen LogP contribution in [-0.2, 0) is 18.4 Å². The first-order valence-corrected chi connectivity index (χ1v) is 5.01. The Labute approximate surface area is 93.6 Å². The molecule has 1 aromatic heterocycles. The number of aromatic nitrogens is 2. The summed E-state index contributed by atoms with van der Waals surface area (Å²) in [6.45, 7) is 3.91. The summed E-state index contributed by atoms with van der Waals surface area (Å²) >= 11 is 0. The van der Waals surface area contributed by atoms with E-state index in [0.29, 0.717) is 6.54 Å². The Morgan fingerprint density at radius 1 is 1.62 bits per heavy atom. The highest BCUT2D eigenvalue weighted by atomic mass is 16.1. The van der Waals surface area contributed by atoms with Crippen molar-refractivity contribution < 1.29 is 4.79 Å². The number of hydrogen-bond donors (Lipinski definition) is 1. The van der Waals surface area contributed by atoms with E-state index < -0.39 is 0 Å². The fraction of sp³-hybridized carbons (Fsp3) is 0.167. The molecule has 0 saturated carbocycles. The Bertz CT molecular complexity index is 542. The molecule has 82 valence electrons. The predicted octanol–water partition coefficient (Wildman–Crippen LogP) is 1.38. The number of nitrogens with zero attached hydrogens (tertiary/aromatic N) is 2. The fourth-order valence-corrected chi connectivity index (χ4v) is 1.56. The second-order valence-corrected chi connectivity index (χ2v) is 3.58. The van der Waals surface area contributed by atoms with Gasteiger partial charge in [0.2, 0.25) is 5.91 Å². The number of amides is 1. The monoisotopic (exact) mass is 215 g/mol. The zero-order valence-corrected chi connectivity index (χ0v) is 9.10. The predicted molar refractivity (Wildman–Crippen MR) is 62.8 cm³/mol. The van der Waals surface area contributed by atoms with Crippen LogP contribution in [0.1, 0.15) is 5.56 Å². The third-order valence-electron chi connectivity index (χ3n) is 2.47. The van der Waals surface area contributed by atoms with Crippen molar-refractivity contribution >= 4 is 16.8 Å². The van der Waals surface area contributed by atoms with E-state index in [4.69, 9.17) is 0 Å². The highest BCUT2D eigenvalue weighted by molar-refractivity contribution is 5.87. The van der Waals surface area contributed by atoms with Gasteiger partial charge in [0, 0.05) is 19.0 Å². The summed E-state index contributed by atoms with van der Waals surface area (Å²) in [6.07, 6.45) is 3.09. The minimum absolute atomic E-state index is 0.162. The molecule has 1 N–H and O–H groups in total. The number of fused-ring (bicyclic) bond motifs is 1. The second kappa shape index (κ2) is 4.18. The summed E-state index contributed by atoms with van der Waals surface area (Å²) in [5, 5.41) is 8.00. The third-order valence-corrected chi connectivity index (χ3v) is 2.47. The molecule has 0 atom stereocenters. The van der Waals surface area contributed by atoms with E-state index in [9.17, 15) is 4.79 Å². The summed E-state index contributed by atoms with van der Waals surface area (Å²) < 4.78 is 1.81. The summed E-state index contributed by atoms with van der Waals surface area (Å²) in [4.78, 5) is 11.0. The maximum atomic E-state index is 11.0. The molecule has 1 amide bonds. The Morgan fingerprint density at radius 3 is 3.19 bits per heavy atom. The molecule has 0 aliphatic carbocycles. The van der Waals surface area contributed by atoms with Crippen molar-refractivity contribution in [1.29, 1.82) is 0 Å². The molecule has 2 aromatic rings. The van der Waals surface area contributed by atoms with E-state index >= 15 is 0 Å². The topological polar surface area (TPSA) is 46.9 Å². The van der Waals surface area contributed by atoms with Crippen LogP contribution in [0.2, 0.25) is 0 Å². The number of rotatable bonds is 3. The van der Waals surface area contributed by atoms with Gasteiger partial charge in [0.25, 0.3) is 0 Å². The molecule has 0 radical (unpaired) electrons. The molecule has 4 nitrogen and oxygen atoms in total. The van der Waals surface area contributed by atoms with Crippen LogP contribution in [0.25, 0.3) is 10.9 Å². The molecule has 2 rings (SSSR count). The molecule has 0 aliphatic heterocycles. The normalized spacial score (nSPS) is 10.3. The first-order valence-electron chi connectivity index (χ1n) is 5.01. The maximum Gasteiger partial charge on any atom is 0.243 e. The molecule has 0 unspecified atom stereocenters. The summed E-state index contributed by atoms with van der Waals surface area (Å²) in [5.74, 6) is -0.162. The second-order valence-electron chi connectivity index (χ2n) is 3.58. The quantitative estimate of drug-likeness (QED) is 0.786. The van der Waals surface area contributed by atoms with Crippen LogP contribution in [0.3, 0.4) is 0 Å². The first kappa shape index (κ1) is 10.4. The molecule has 0 bridgehead atoms. The van der Waals surface area contributed by atoms with E-state index in [1.54, 1.807) is 0 Å². The molecular weight excluding hydrogens is 202 g/mol. The van der Waals surface area contributed by atoms with Crippen molar-refractivity contribution in [2.75, 3.05) is 0 Å². The molecular formula is C12H13N3O. The van der Waals surface area contributed by atoms with Gasteiger partial charge in [0.1, 0.15) is 0 Å². The smallest absolute Gasteiger partial charge is 0.243 e. The van der Waals surface area contributed by atoms with E-state index in [1.165, 1.54) is 6.08 Å². The van der Waals surface area contributed by atoms with Gasteiger partial charge < -0.3 is 5.32 Å². The number of aryl methyl sites for hydroxylation is 1. The molecule has 0 saturated heterocycles. The van der Waals surface area contributed by atoms with Crippen LogP contribution < -0.4 is 5.32 Å². The molecule has 1 aromatic carbocycles. The summed E-state index contributed by atoms with van der Waals surface area (Å²) in [6, 6.07) is 6.00. The Morgan fingerprint density at radius 2 is 2.44 bits per heavy atom. The van der Waals surface area contributed by atoms with Gasteiger partial charge in [-0.1, -0.05) is 18.7 Å². The van der Waals surface area contributed by atoms with Gasteiger partial charge in [-0.05, 0) is 17.7 Å². The number of hydrogen-bond acceptors (Lipinski definition) is 2. The molecule has 4 heteroatoms. The standard InChI is InChI=1S/C12H13N3O/c1-3-12(16)13-7-9-4-5-10-8-14-15(2)11(10)6-9/h3-6,8H,1,7H2,2H3,(H,13,16). The zero-order valence-electron chi connectivity index (χ0n) is 9.10. The molecule has 0 fully saturated rings. The van der Waals surface area contributed by atoms with Crippen LogP contribution in [0.4, 0.5) is 0 Å². The van der Waals surface area contributed by atoms with Crippen LogP contribution in [-0.4, -0.2) is 15.7 Å². The molecule has 0 aliphatic rings. The number of carbonyl (C=O) groups excluding carboxylic acids is 1. The van der Waals surface area contributed by atoms with Crippen molar-refractivity contribution in [3.63, 3.8) is 0 Å². The lowest BCUT2D eigenvalue weighted by molar-refractivity contribution is -0.116. The van der Waals surface area contributed by atoms with Crippen molar-refractivity contribution in [1.82, 2.24) is 15.1 Å². The van der Waals surface area contributed by atoms with Crippen LogP contribution in [0.15, 0.2) is 37.1 Å². The lowest BCUT2D eigenvalue weighted by atomic mass is 10.1. The minimum atomic E-state index is -0.162. The third kappa shape index (κ3) is 1.95. The minimum Gasteiger partial charge on any atom is -0.348 e. The van der Waals surface area contributed by atoms with Gasteiger partial charge in [0.05, 0.1) is 11.7 Å². The van der Waals surface area contributed by atoms with E-state index in [-0.39, 0.29) is 5.91 Å². The highest BCUT2D eigenvalue weighted by Crippen LogP contribution is 2.14. The van der Waals surface area contributed by atoms with Crippen molar-refractivity contribution in [3.8, 4) is 0 Å². The van der Waals surface area contributed by atoms with Gasteiger partial charge in [0.15, 0.2) is 0 Å². The van der Waals surface area contributed by atoms with E-state index in [0.717, 1.165) is 16.5 Å². The fourth-order valence-electron chi connectivity index (χ4n) is 1.56. The number of nitrogens with one attached hydrogen (secondary N) is 1. The van der Waals surface area contributed by atoms with Crippen LogP contribution in [0, 0.1) is 0 Å². The van der Waals surface area contributed by atoms with Crippen molar-refractivity contribution in [3.05, 3.63) is 42.6 Å². The lowest BCUT2D eigenvalue weighted by Crippen LogP contribution is -2.19. The zero-order chi connectivity index (χ0) is 11.5. The molecule has 16 heavy (non-hydrogen) atoms. The van der Waals surface area contributed by atoms with Crippen LogP contribution >= 0.6 is 0 Å². The van der Waals surface area contributed by atoms with Crippen molar-refractivity contribution in [2.45, 2.75) is 6.54 Å². The maximum absolute atomic E-state index is 11.0. The molecule has 0 spiro atoms. The van der Waals surface area contributed by atoms with E-state index in [1.807, 2.05) is 36.1 Å². The Balaban J connectivity index is 2.22. The Hall–Kier alpha value is -2.10. The number of carbonyl (C=O) groups is 1. The van der Waals surface area contributed by atoms with Gasteiger partial charge in [-0.3, -0.25) is 9.48 Å². The average molecular weight is 215 g/mol. The summed E-state index contributed by atoms with van der Waals surface area (Å²) in [5.41, 5.74) is 2.11. The summed E-state index contributed by atoms with van der Waals surface area (Å²) in [7, 11) is 1.90. The van der Waals surface area contributed by atoms with Gasteiger partial charge >= 0.3 is 0 Å². The SMILES string of the molecule is C=CC(=O)NCc1ccc2cnn(C)c2c1. The Kier molecular flexibility index (Phi) is 2.72. The van der Waals surface area contributed by atoms with E-state index in [2.05, 4.69) is 17.0 Å².